The van der Waals surface area contributed by atoms with Gasteiger partial charge in [0, 0.05) is 13.1 Å². The summed E-state index contributed by atoms with van der Waals surface area (Å²) in [4.78, 5) is 13.2. The van der Waals surface area contributed by atoms with E-state index in [0.717, 1.165) is 0 Å². The fourth-order valence-corrected chi connectivity index (χ4v) is 7.43. The van der Waals surface area contributed by atoms with E-state index in [1.807, 2.05) is 0 Å². The van der Waals surface area contributed by atoms with E-state index in [2.05, 4.69) is 5.32 Å². The van der Waals surface area contributed by atoms with Crippen molar-refractivity contribution in [2.75, 3.05) is 57.4 Å². The molecule has 224 valence electrons. The molecule has 2 aliphatic heterocycles. The number of fused-ring (bicyclic) bond motifs is 1. The van der Waals surface area contributed by atoms with Gasteiger partial charge < -0.3 is 24.3 Å². The quantitative estimate of drug-likeness (QED) is 0.338. The van der Waals surface area contributed by atoms with E-state index in [9.17, 15) is 21.6 Å². The van der Waals surface area contributed by atoms with Crippen molar-refractivity contribution in [2.45, 2.75) is 15.9 Å². The van der Waals surface area contributed by atoms with Crippen LogP contribution in [0.4, 0.5) is 5.69 Å². The predicted octanol–water partition coefficient (Wildman–Crippen LogP) is 1.87. The highest BCUT2D eigenvalue weighted by Gasteiger charge is 2.37. The molecule has 1 amide bonds. The zero-order valence-electron chi connectivity index (χ0n) is 22.8. The Kier molecular flexibility index (Phi) is 8.87. The minimum atomic E-state index is -4.01. The fraction of sp³-hybridized carbons (Fsp3) is 0.321. The summed E-state index contributed by atoms with van der Waals surface area (Å²) in [6.45, 7) is 1.32. The van der Waals surface area contributed by atoms with Crippen LogP contribution in [0.1, 0.15) is 0 Å². The fourth-order valence-electron chi connectivity index (χ4n) is 4.54. The monoisotopic (exact) mass is 617 g/mol. The van der Waals surface area contributed by atoms with Crippen LogP contribution in [0.25, 0.3) is 0 Å². The molecule has 1 N–H and O–H groups in total. The number of hydrogen-bond acceptors (Lipinski definition) is 9. The van der Waals surface area contributed by atoms with E-state index in [1.165, 1.54) is 40.0 Å². The molecule has 42 heavy (non-hydrogen) atoms. The molecule has 3 aromatic carbocycles. The second-order valence-corrected chi connectivity index (χ2v) is 13.2. The second kappa shape index (κ2) is 12.6. The van der Waals surface area contributed by atoms with Gasteiger partial charge in [0.25, 0.3) is 15.9 Å². The lowest BCUT2D eigenvalue weighted by Crippen LogP contribution is -2.51. The second-order valence-electron chi connectivity index (χ2n) is 9.41. The Balaban J connectivity index is 1.19. The molecule has 0 radical (unpaired) electrons. The Morgan fingerprint density at radius 2 is 1.50 bits per heavy atom. The Labute approximate surface area is 244 Å². The highest BCUT2D eigenvalue weighted by atomic mass is 32.2. The zero-order valence-corrected chi connectivity index (χ0v) is 24.5. The van der Waals surface area contributed by atoms with Gasteiger partial charge in [0.1, 0.15) is 23.9 Å². The number of methoxy groups -OCH3 is 1. The third-order valence-corrected chi connectivity index (χ3v) is 10.5. The maximum absolute atomic E-state index is 13.5. The minimum absolute atomic E-state index is 0.0522. The van der Waals surface area contributed by atoms with Crippen molar-refractivity contribution in [2.24, 2.45) is 0 Å². The number of nitrogens with one attached hydrogen (secondary N) is 1. The van der Waals surface area contributed by atoms with Crippen LogP contribution in [-0.2, 0) is 29.6 Å². The van der Waals surface area contributed by atoms with Crippen molar-refractivity contribution in [1.29, 1.82) is 0 Å². The maximum atomic E-state index is 13.5. The third-order valence-electron chi connectivity index (χ3n) is 6.78. The van der Waals surface area contributed by atoms with E-state index in [4.69, 9.17) is 18.9 Å². The smallest absolute Gasteiger partial charge is 0.264 e. The first-order valence-electron chi connectivity index (χ1n) is 13.2. The van der Waals surface area contributed by atoms with Gasteiger partial charge in [-0.15, -0.1) is 0 Å². The van der Waals surface area contributed by atoms with Gasteiger partial charge in [0.15, 0.2) is 6.10 Å². The number of morpholine rings is 1. The molecule has 14 heteroatoms. The van der Waals surface area contributed by atoms with Crippen molar-refractivity contribution in [3.05, 3.63) is 72.8 Å². The number of benzene rings is 3. The van der Waals surface area contributed by atoms with Gasteiger partial charge >= 0.3 is 0 Å². The summed E-state index contributed by atoms with van der Waals surface area (Å²) in [5.41, 5.74) is 0.333. The number of carbonyl (C=O) groups is 1. The summed E-state index contributed by atoms with van der Waals surface area (Å²) in [5.74, 6) is 0.717. The average Bonchev–Trinajstić information content (AvgIpc) is 3.03. The first kappa shape index (κ1) is 29.6. The summed E-state index contributed by atoms with van der Waals surface area (Å²) in [7, 11) is -6.13. The van der Waals surface area contributed by atoms with Gasteiger partial charge in [-0.3, -0.25) is 9.10 Å². The lowest BCUT2D eigenvalue weighted by atomic mass is 10.2. The van der Waals surface area contributed by atoms with Crippen molar-refractivity contribution in [3.8, 4) is 17.2 Å². The first-order valence-corrected chi connectivity index (χ1v) is 16.1. The number of carbonyl (C=O) groups excluding carboxylic acids is 1. The van der Waals surface area contributed by atoms with Gasteiger partial charge in [-0.05, 0) is 60.7 Å². The molecule has 2 aliphatic rings. The van der Waals surface area contributed by atoms with Crippen molar-refractivity contribution < 1.29 is 40.6 Å². The number of rotatable bonds is 10. The highest BCUT2D eigenvalue weighted by molar-refractivity contribution is 7.92. The van der Waals surface area contributed by atoms with E-state index in [1.54, 1.807) is 48.5 Å². The number of anilines is 1. The lowest BCUT2D eigenvalue weighted by Gasteiger charge is -2.34. The van der Waals surface area contributed by atoms with Crippen LogP contribution < -0.4 is 23.8 Å². The molecule has 0 saturated carbocycles. The molecule has 12 nitrogen and oxygen atoms in total. The van der Waals surface area contributed by atoms with Crippen LogP contribution >= 0.6 is 0 Å². The van der Waals surface area contributed by atoms with Crippen molar-refractivity contribution >= 4 is 31.6 Å². The number of sulfonamides is 2. The Hall–Kier alpha value is -3.85. The number of para-hydroxylation sites is 2. The molecule has 1 saturated heterocycles. The van der Waals surface area contributed by atoms with E-state index < -0.39 is 32.1 Å². The third kappa shape index (κ3) is 6.31. The summed E-state index contributed by atoms with van der Waals surface area (Å²) in [6.07, 6.45) is -1.10. The predicted molar refractivity (Wildman–Crippen MR) is 153 cm³/mol. The van der Waals surface area contributed by atoms with Gasteiger partial charge in [-0.25, -0.2) is 16.8 Å². The molecule has 0 bridgehead atoms. The van der Waals surface area contributed by atoms with Crippen LogP contribution in [0.15, 0.2) is 82.6 Å². The lowest BCUT2D eigenvalue weighted by molar-refractivity contribution is -0.127. The largest absolute Gasteiger partial charge is 0.497 e. The average molecular weight is 618 g/mol. The summed E-state index contributed by atoms with van der Waals surface area (Å²) in [6, 6.07) is 18.7. The van der Waals surface area contributed by atoms with Crippen LogP contribution in [0, 0.1) is 0 Å². The summed E-state index contributed by atoms with van der Waals surface area (Å²) < 4.78 is 77.1. The maximum Gasteiger partial charge on any atom is 0.264 e. The Morgan fingerprint density at radius 1 is 0.881 bits per heavy atom. The van der Waals surface area contributed by atoms with Gasteiger partial charge in [0.05, 0.1) is 48.9 Å². The molecule has 1 unspecified atom stereocenters. The van der Waals surface area contributed by atoms with E-state index in [0.29, 0.717) is 43.5 Å². The first-order chi connectivity index (χ1) is 20.2. The molecule has 3 aromatic rings. The molecule has 1 fully saturated rings. The molecule has 2 heterocycles. The molecule has 0 aromatic heterocycles. The van der Waals surface area contributed by atoms with Crippen LogP contribution in [0.5, 0.6) is 17.2 Å². The van der Waals surface area contributed by atoms with Crippen LogP contribution in [-0.4, -0.2) is 86.3 Å². The highest BCUT2D eigenvalue weighted by Crippen LogP contribution is 2.37. The SMILES string of the molecule is COc1ccc(S(=O)(=O)N2CC(C(=O)NCCOc3ccc(S(=O)(=O)N4CCOCC4)cc3)Oc3ccccc32)cc1. The molecular formula is C28H31N3O9S2. The topological polar surface area (TPSA) is 141 Å². The van der Waals surface area contributed by atoms with Gasteiger partial charge in [-0.1, -0.05) is 12.1 Å². The molecule has 1 atom stereocenters. The van der Waals surface area contributed by atoms with Crippen molar-refractivity contribution in [1.82, 2.24) is 9.62 Å². The van der Waals surface area contributed by atoms with E-state index in [-0.39, 0.29) is 35.2 Å². The number of ether oxygens (including phenoxy) is 4. The van der Waals surface area contributed by atoms with Crippen molar-refractivity contribution in [3.63, 3.8) is 0 Å². The zero-order chi connectivity index (χ0) is 29.7. The Bertz CT molecular complexity index is 1610. The number of hydrogen-bond donors (Lipinski definition) is 1. The molecule has 0 aliphatic carbocycles. The summed E-state index contributed by atoms with van der Waals surface area (Å²) in [5, 5.41) is 2.72. The molecule has 0 spiro atoms. The number of amides is 1. The minimum Gasteiger partial charge on any atom is -0.497 e. The molecular weight excluding hydrogens is 586 g/mol. The van der Waals surface area contributed by atoms with Gasteiger partial charge in [-0.2, -0.15) is 4.31 Å². The number of nitrogens with zero attached hydrogens (tertiary/aromatic N) is 2. The van der Waals surface area contributed by atoms with Crippen LogP contribution in [0.3, 0.4) is 0 Å². The van der Waals surface area contributed by atoms with Gasteiger partial charge in [0.2, 0.25) is 10.0 Å². The van der Waals surface area contributed by atoms with Crippen LogP contribution in [0.2, 0.25) is 0 Å². The Morgan fingerprint density at radius 3 is 2.17 bits per heavy atom. The standard InChI is InChI=1S/C28H31N3O9S2/c1-37-21-6-10-24(11-7-21)42(35,36)31-20-27(40-26-5-3-2-4-25(26)31)28(32)29-14-17-39-22-8-12-23(13-9-22)41(33,34)30-15-18-38-19-16-30/h2-13,27H,14-20H2,1H3,(H,29,32). The molecule has 5 rings (SSSR count). The summed E-state index contributed by atoms with van der Waals surface area (Å²) >= 11 is 0. The van der Waals surface area contributed by atoms with E-state index >= 15 is 0 Å². The normalized spacial score (nSPS) is 17.5.